The van der Waals surface area contributed by atoms with Crippen LogP contribution in [0.3, 0.4) is 0 Å². The van der Waals surface area contributed by atoms with Crippen molar-refractivity contribution in [2.75, 3.05) is 4.31 Å². The lowest BCUT2D eigenvalue weighted by Crippen LogP contribution is -2.29. The third-order valence-electron chi connectivity index (χ3n) is 5.62. The number of anilines is 1. The normalized spacial score (nSPS) is 14.6. The Morgan fingerprint density at radius 1 is 0.853 bits per heavy atom. The Morgan fingerprint density at radius 2 is 1.62 bits per heavy atom. The number of benzene rings is 4. The predicted molar refractivity (Wildman–Crippen MR) is 133 cm³/mol. The van der Waals surface area contributed by atoms with E-state index in [9.17, 15) is 13.5 Å². The maximum absolute atomic E-state index is 12.6. The summed E-state index contributed by atoms with van der Waals surface area (Å²) in [4.78, 5) is 0. The summed E-state index contributed by atoms with van der Waals surface area (Å²) >= 11 is 0. The first-order chi connectivity index (χ1) is 16.4. The van der Waals surface area contributed by atoms with Crippen LogP contribution in [0.2, 0.25) is 0 Å². The van der Waals surface area contributed by atoms with Gasteiger partial charge in [0.1, 0.15) is 18.0 Å². The van der Waals surface area contributed by atoms with Crippen LogP contribution in [0.25, 0.3) is 21.9 Å². The van der Waals surface area contributed by atoms with Crippen molar-refractivity contribution in [2.45, 2.75) is 13.2 Å². The van der Waals surface area contributed by atoms with E-state index < -0.39 is 16.1 Å². The van der Waals surface area contributed by atoms with Crippen LogP contribution in [-0.4, -0.2) is 13.5 Å². The van der Waals surface area contributed by atoms with Crippen molar-refractivity contribution >= 4 is 26.7 Å². The van der Waals surface area contributed by atoms with Crippen molar-refractivity contribution in [3.8, 4) is 16.9 Å². The molecule has 0 spiro atoms. The van der Waals surface area contributed by atoms with E-state index in [1.807, 2.05) is 78.9 Å². The third kappa shape index (κ3) is 4.28. The zero-order chi connectivity index (χ0) is 23.7. The highest BCUT2D eigenvalue weighted by Crippen LogP contribution is 2.38. The molecule has 0 aliphatic carbocycles. The van der Waals surface area contributed by atoms with Gasteiger partial charge in [0.2, 0.25) is 5.88 Å². The van der Waals surface area contributed by atoms with Crippen molar-refractivity contribution in [2.24, 2.45) is 5.73 Å². The Balaban J connectivity index is 1.61. The number of fused-ring (bicyclic) bond motifs is 1. The van der Waals surface area contributed by atoms with Crippen molar-refractivity contribution in [3.05, 3.63) is 108 Å². The van der Waals surface area contributed by atoms with Crippen molar-refractivity contribution in [1.29, 1.82) is 0 Å². The Morgan fingerprint density at radius 3 is 2.35 bits per heavy atom. The molecule has 0 saturated carbocycles. The second-order valence-corrected chi connectivity index (χ2v) is 9.53. The second-order valence-electron chi connectivity index (χ2n) is 7.98. The van der Waals surface area contributed by atoms with Gasteiger partial charge in [0.15, 0.2) is 0 Å². The monoisotopic (exact) mass is 473 g/mol. The number of hydrogen-bond acceptors (Lipinski definition) is 5. The first kappa shape index (κ1) is 21.8. The molecule has 7 nitrogen and oxygen atoms in total. The summed E-state index contributed by atoms with van der Waals surface area (Å²) in [7, 11) is -3.99. The summed E-state index contributed by atoms with van der Waals surface area (Å²) in [6, 6.07) is 27.1. The molecule has 4 aromatic carbocycles. The number of aliphatic hydroxyl groups is 1. The summed E-state index contributed by atoms with van der Waals surface area (Å²) in [6.45, 7) is 0.712. The first-order valence-corrected chi connectivity index (χ1v) is 12.1. The number of nitrogens with two attached hydrogens (primary N) is 1. The molecular formula is C26H23N3O4S. The van der Waals surface area contributed by atoms with Crippen molar-refractivity contribution < 1.29 is 18.3 Å². The van der Waals surface area contributed by atoms with Crippen LogP contribution < -0.4 is 19.5 Å². The SMILES string of the molecule is NCc1cccc(-c2ccc3cc(OCc4ccccc4)c(N4C=C(O)NS4(=O)=O)cc3c2)c1. The molecule has 5 rings (SSSR count). The van der Waals surface area contributed by atoms with Crippen LogP contribution in [-0.2, 0) is 23.4 Å². The van der Waals surface area contributed by atoms with Gasteiger partial charge in [-0.3, -0.25) is 0 Å². The van der Waals surface area contributed by atoms with Gasteiger partial charge in [-0.2, -0.15) is 8.42 Å². The Kier molecular flexibility index (Phi) is 5.61. The lowest BCUT2D eigenvalue weighted by atomic mass is 9.99. The Hall–Kier alpha value is -4.01. The van der Waals surface area contributed by atoms with Gasteiger partial charge in [-0.15, -0.1) is 0 Å². The van der Waals surface area contributed by atoms with E-state index in [1.165, 1.54) is 0 Å². The number of aliphatic hydroxyl groups excluding tert-OH is 1. The molecule has 1 aliphatic rings. The maximum atomic E-state index is 12.6. The van der Waals surface area contributed by atoms with E-state index in [2.05, 4.69) is 4.72 Å². The van der Waals surface area contributed by atoms with Gasteiger partial charge in [0.05, 0.1) is 6.20 Å². The lowest BCUT2D eigenvalue weighted by Gasteiger charge is -2.20. The summed E-state index contributed by atoms with van der Waals surface area (Å²) in [6.07, 6.45) is 1.13. The smallest absolute Gasteiger partial charge is 0.330 e. The summed E-state index contributed by atoms with van der Waals surface area (Å²) in [5.41, 5.74) is 10.1. The standard InChI is InChI=1S/C26H23N3O4S/c27-15-19-7-4-8-20(11-19)21-9-10-22-14-25(33-17-18-5-2-1-3-6-18)24(13-23(22)12-21)29-16-26(30)28-34(29,31)32/h1-14,16,28,30H,15,17,27H2. The van der Waals surface area contributed by atoms with E-state index >= 15 is 0 Å². The molecule has 0 bridgehead atoms. The number of hydrogen-bond donors (Lipinski definition) is 3. The number of ether oxygens (including phenoxy) is 1. The van der Waals surface area contributed by atoms with E-state index in [0.717, 1.165) is 43.5 Å². The molecule has 1 heterocycles. The molecule has 172 valence electrons. The fourth-order valence-corrected chi connectivity index (χ4v) is 4.99. The quantitative estimate of drug-likeness (QED) is 0.381. The fourth-order valence-electron chi connectivity index (χ4n) is 3.93. The number of rotatable bonds is 6. The largest absolute Gasteiger partial charge is 0.493 e. The van der Waals surface area contributed by atoms with Gasteiger partial charge in [-0.1, -0.05) is 60.7 Å². The zero-order valence-corrected chi connectivity index (χ0v) is 19.0. The average Bonchev–Trinajstić information content (AvgIpc) is 3.13. The molecule has 1 aliphatic heterocycles. The molecular weight excluding hydrogens is 450 g/mol. The minimum atomic E-state index is -3.99. The third-order valence-corrected chi connectivity index (χ3v) is 6.91. The maximum Gasteiger partial charge on any atom is 0.330 e. The molecule has 0 fully saturated rings. The number of nitrogens with one attached hydrogen (secondary N) is 1. The summed E-state index contributed by atoms with van der Waals surface area (Å²) < 4.78 is 34.4. The van der Waals surface area contributed by atoms with E-state index in [1.54, 1.807) is 6.07 Å². The van der Waals surface area contributed by atoms with Crippen LogP contribution in [0.5, 0.6) is 5.75 Å². The Labute approximate surface area is 197 Å². The van der Waals surface area contributed by atoms with Gasteiger partial charge >= 0.3 is 10.2 Å². The van der Waals surface area contributed by atoms with E-state index in [4.69, 9.17) is 10.5 Å². The highest BCUT2D eigenvalue weighted by molar-refractivity contribution is 7.91. The molecule has 0 unspecified atom stereocenters. The molecule has 0 saturated heterocycles. The van der Waals surface area contributed by atoms with Crippen molar-refractivity contribution in [1.82, 2.24) is 4.72 Å². The topological polar surface area (TPSA) is 105 Å². The molecule has 4 N–H and O–H groups in total. The van der Waals surface area contributed by atoms with Gasteiger partial charge in [-0.05, 0) is 57.3 Å². The van der Waals surface area contributed by atoms with Crippen LogP contribution >= 0.6 is 0 Å². The van der Waals surface area contributed by atoms with Crippen molar-refractivity contribution in [3.63, 3.8) is 0 Å². The molecule has 0 atom stereocenters. The molecule has 0 aromatic heterocycles. The molecule has 34 heavy (non-hydrogen) atoms. The van der Waals surface area contributed by atoms with Gasteiger partial charge in [-0.25, -0.2) is 9.03 Å². The number of nitrogens with zero attached hydrogens (tertiary/aromatic N) is 1. The zero-order valence-electron chi connectivity index (χ0n) is 18.2. The first-order valence-electron chi connectivity index (χ1n) is 10.7. The predicted octanol–water partition coefficient (Wildman–Crippen LogP) is 4.56. The van der Waals surface area contributed by atoms with E-state index in [-0.39, 0.29) is 6.61 Å². The van der Waals surface area contributed by atoms with Gasteiger partial charge < -0.3 is 15.6 Å². The lowest BCUT2D eigenvalue weighted by molar-refractivity contribution is 0.308. The minimum absolute atomic E-state index is 0.264. The van der Waals surface area contributed by atoms with Gasteiger partial charge in [0.25, 0.3) is 0 Å². The molecule has 8 heteroatoms. The van der Waals surface area contributed by atoms with Crippen LogP contribution in [0, 0.1) is 0 Å². The molecule has 0 amide bonds. The van der Waals surface area contributed by atoms with E-state index in [0.29, 0.717) is 18.0 Å². The highest BCUT2D eigenvalue weighted by Gasteiger charge is 2.31. The summed E-state index contributed by atoms with van der Waals surface area (Å²) in [5.74, 6) is -0.0768. The fraction of sp³-hybridized carbons (Fsp3) is 0.0769. The average molecular weight is 474 g/mol. The van der Waals surface area contributed by atoms with Crippen LogP contribution in [0.1, 0.15) is 11.1 Å². The van der Waals surface area contributed by atoms with Crippen LogP contribution in [0.15, 0.2) is 97.0 Å². The molecule has 0 radical (unpaired) electrons. The highest BCUT2D eigenvalue weighted by atomic mass is 32.2. The molecule has 4 aromatic rings. The second kappa shape index (κ2) is 8.74. The summed E-state index contributed by atoms with van der Waals surface area (Å²) in [5, 5.41) is 11.5. The van der Waals surface area contributed by atoms with Gasteiger partial charge in [0, 0.05) is 6.54 Å². The van der Waals surface area contributed by atoms with Crippen LogP contribution in [0.4, 0.5) is 5.69 Å². The Bertz CT molecular complexity index is 1500. The minimum Gasteiger partial charge on any atom is -0.493 e.